The van der Waals surface area contributed by atoms with Gasteiger partial charge in [-0.25, -0.2) is 4.39 Å². The van der Waals surface area contributed by atoms with Gasteiger partial charge in [-0.2, -0.15) is 0 Å². The summed E-state index contributed by atoms with van der Waals surface area (Å²) >= 11 is 0. The van der Waals surface area contributed by atoms with Gasteiger partial charge in [0.1, 0.15) is 18.9 Å². The largest absolute Gasteiger partial charge is 0.458 e. The molecule has 5 atom stereocenters. The SMILES string of the molecule is CCC(C)(C)C(=O)OC1C2CC3C1OC(=O)C3(C(=O)OCC#CCF)C2. The lowest BCUT2D eigenvalue weighted by molar-refractivity contribution is -0.170. The molecule has 0 aromatic rings. The number of ether oxygens (including phenoxy) is 3. The van der Waals surface area contributed by atoms with Crippen molar-refractivity contribution in [1.82, 2.24) is 0 Å². The molecule has 7 heteroatoms. The summed E-state index contributed by atoms with van der Waals surface area (Å²) < 4.78 is 28.2. The molecule has 2 bridgehead atoms. The third-order valence-corrected chi connectivity index (χ3v) is 6.08. The molecule has 3 fully saturated rings. The van der Waals surface area contributed by atoms with Crippen LogP contribution in [0.1, 0.15) is 40.0 Å². The standard InChI is InChI=1S/C19H23FO6/c1-4-18(2,3)15(21)25-13-11-9-12-14(13)26-17(23)19(12,10-11)16(22)24-8-6-5-7-20/h11-14H,4,7-10H2,1-3H3. The number of halogens is 1. The molecule has 0 amide bonds. The van der Waals surface area contributed by atoms with E-state index in [1.807, 2.05) is 20.8 Å². The summed E-state index contributed by atoms with van der Waals surface area (Å²) in [7, 11) is 0. The molecule has 26 heavy (non-hydrogen) atoms. The van der Waals surface area contributed by atoms with E-state index in [1.54, 1.807) is 0 Å². The van der Waals surface area contributed by atoms with E-state index in [0.717, 1.165) is 0 Å². The number of hydrogen-bond acceptors (Lipinski definition) is 6. The van der Waals surface area contributed by atoms with Gasteiger partial charge in [0.15, 0.2) is 12.0 Å². The van der Waals surface area contributed by atoms with Crippen LogP contribution in [0, 0.1) is 34.5 Å². The lowest BCUT2D eigenvalue weighted by atomic mass is 9.73. The van der Waals surface area contributed by atoms with Crippen molar-refractivity contribution in [3.63, 3.8) is 0 Å². The molecule has 1 aliphatic heterocycles. The molecule has 142 valence electrons. The highest BCUT2D eigenvalue weighted by Gasteiger charge is 2.75. The van der Waals surface area contributed by atoms with Gasteiger partial charge in [-0.1, -0.05) is 18.8 Å². The Bertz CT molecular complexity index is 690. The quantitative estimate of drug-likeness (QED) is 0.320. The molecule has 0 aromatic heterocycles. The Hall–Kier alpha value is -2.10. The smallest absolute Gasteiger partial charge is 0.324 e. The maximum atomic E-state index is 12.5. The van der Waals surface area contributed by atoms with E-state index in [1.165, 1.54) is 0 Å². The molecular formula is C19H23FO6. The van der Waals surface area contributed by atoms with Gasteiger partial charge >= 0.3 is 17.9 Å². The fourth-order valence-corrected chi connectivity index (χ4v) is 4.19. The minimum Gasteiger partial charge on any atom is -0.458 e. The van der Waals surface area contributed by atoms with Crippen LogP contribution in [0.4, 0.5) is 4.39 Å². The van der Waals surface area contributed by atoms with Gasteiger partial charge < -0.3 is 14.2 Å². The van der Waals surface area contributed by atoms with Crippen molar-refractivity contribution in [2.45, 2.75) is 52.2 Å². The summed E-state index contributed by atoms with van der Waals surface area (Å²) in [6.07, 6.45) is 0.325. The van der Waals surface area contributed by atoms with Crippen molar-refractivity contribution in [3.8, 4) is 11.8 Å². The Morgan fingerprint density at radius 2 is 2.12 bits per heavy atom. The number of carbonyl (C=O) groups is 3. The molecule has 5 unspecified atom stereocenters. The van der Waals surface area contributed by atoms with E-state index < -0.39 is 41.7 Å². The van der Waals surface area contributed by atoms with Gasteiger partial charge in [0.25, 0.3) is 0 Å². The van der Waals surface area contributed by atoms with Gasteiger partial charge in [0.05, 0.1) is 5.41 Å². The van der Waals surface area contributed by atoms with Gasteiger partial charge in [0, 0.05) is 11.8 Å². The zero-order valence-corrected chi connectivity index (χ0v) is 15.2. The molecule has 0 radical (unpaired) electrons. The van der Waals surface area contributed by atoms with E-state index in [4.69, 9.17) is 14.2 Å². The Morgan fingerprint density at radius 3 is 2.77 bits per heavy atom. The average Bonchev–Trinajstić information content (AvgIpc) is 3.20. The predicted octanol–water partition coefficient (Wildman–Crippen LogP) is 1.80. The third kappa shape index (κ3) is 2.67. The molecule has 1 heterocycles. The first-order valence-corrected chi connectivity index (χ1v) is 8.89. The summed E-state index contributed by atoms with van der Waals surface area (Å²) in [6.45, 7) is 4.44. The van der Waals surface area contributed by atoms with Crippen LogP contribution in [0.2, 0.25) is 0 Å². The van der Waals surface area contributed by atoms with Crippen molar-refractivity contribution < 1.29 is 33.0 Å². The number of esters is 3. The predicted molar refractivity (Wildman–Crippen MR) is 87.2 cm³/mol. The first kappa shape index (κ1) is 18.7. The maximum absolute atomic E-state index is 12.5. The van der Waals surface area contributed by atoms with Crippen LogP contribution in [-0.2, 0) is 28.6 Å². The molecule has 2 saturated carbocycles. The highest BCUT2D eigenvalue weighted by atomic mass is 19.1. The first-order valence-electron chi connectivity index (χ1n) is 8.89. The summed E-state index contributed by atoms with van der Waals surface area (Å²) in [5.41, 5.74) is -1.95. The Labute approximate surface area is 151 Å². The van der Waals surface area contributed by atoms with Crippen molar-refractivity contribution in [2.75, 3.05) is 13.3 Å². The fourth-order valence-electron chi connectivity index (χ4n) is 4.19. The van der Waals surface area contributed by atoms with E-state index in [2.05, 4.69) is 11.8 Å². The maximum Gasteiger partial charge on any atom is 0.324 e. The third-order valence-electron chi connectivity index (χ3n) is 6.08. The zero-order chi connectivity index (χ0) is 19.1. The number of carbonyl (C=O) groups excluding carboxylic acids is 3. The minimum atomic E-state index is -1.34. The lowest BCUT2D eigenvalue weighted by Gasteiger charge is -2.32. The fraction of sp³-hybridized carbons (Fsp3) is 0.737. The molecule has 0 aromatic carbocycles. The van der Waals surface area contributed by atoms with Gasteiger partial charge in [0.2, 0.25) is 0 Å². The van der Waals surface area contributed by atoms with Crippen LogP contribution in [0.5, 0.6) is 0 Å². The molecule has 3 rings (SSSR count). The van der Waals surface area contributed by atoms with E-state index in [0.29, 0.717) is 12.8 Å². The van der Waals surface area contributed by atoms with Crippen LogP contribution >= 0.6 is 0 Å². The monoisotopic (exact) mass is 366 g/mol. The van der Waals surface area contributed by atoms with Crippen molar-refractivity contribution in [3.05, 3.63) is 0 Å². The van der Waals surface area contributed by atoms with Crippen molar-refractivity contribution in [1.29, 1.82) is 0 Å². The molecule has 1 saturated heterocycles. The highest BCUT2D eigenvalue weighted by molar-refractivity contribution is 6.03. The second-order valence-corrected chi connectivity index (χ2v) is 7.82. The normalized spacial score (nSPS) is 34.1. The zero-order valence-electron chi connectivity index (χ0n) is 15.2. The van der Waals surface area contributed by atoms with Crippen LogP contribution in [0.25, 0.3) is 0 Å². The Kier molecular flexibility index (Phi) is 4.72. The van der Waals surface area contributed by atoms with Crippen LogP contribution in [0.15, 0.2) is 0 Å². The second kappa shape index (κ2) is 6.57. The molecular weight excluding hydrogens is 343 g/mol. The van der Waals surface area contributed by atoms with Gasteiger partial charge in [-0.3, -0.25) is 14.4 Å². The van der Waals surface area contributed by atoms with Gasteiger partial charge in [-0.05, 0) is 33.1 Å². The molecule has 2 aliphatic carbocycles. The number of hydrogen-bond donors (Lipinski definition) is 0. The van der Waals surface area contributed by atoms with E-state index in [9.17, 15) is 18.8 Å². The van der Waals surface area contributed by atoms with Crippen molar-refractivity contribution >= 4 is 17.9 Å². The first-order chi connectivity index (χ1) is 12.3. The summed E-state index contributed by atoms with van der Waals surface area (Å²) in [4.78, 5) is 37.4. The van der Waals surface area contributed by atoms with Crippen molar-refractivity contribution in [2.24, 2.45) is 22.7 Å². The Balaban J connectivity index is 1.72. The number of rotatable bonds is 5. The topological polar surface area (TPSA) is 78.9 Å². The van der Waals surface area contributed by atoms with E-state index >= 15 is 0 Å². The highest BCUT2D eigenvalue weighted by Crippen LogP contribution is 2.63. The molecule has 6 nitrogen and oxygen atoms in total. The molecule has 3 aliphatic rings. The summed E-state index contributed by atoms with van der Waals surface area (Å²) in [5, 5.41) is 0. The van der Waals surface area contributed by atoms with Crippen LogP contribution in [0.3, 0.4) is 0 Å². The van der Waals surface area contributed by atoms with Crippen LogP contribution < -0.4 is 0 Å². The second-order valence-electron chi connectivity index (χ2n) is 7.82. The number of fused-ring (bicyclic) bond motifs is 1. The van der Waals surface area contributed by atoms with Gasteiger partial charge in [-0.15, -0.1) is 0 Å². The number of alkyl halides is 1. The van der Waals surface area contributed by atoms with E-state index in [-0.39, 0.29) is 30.8 Å². The molecule has 0 N–H and O–H groups in total. The van der Waals surface area contributed by atoms with Crippen LogP contribution in [-0.4, -0.2) is 43.4 Å². The Morgan fingerprint density at radius 1 is 1.38 bits per heavy atom. The summed E-state index contributed by atoms with van der Waals surface area (Å²) in [5.74, 6) is 2.44. The lowest BCUT2D eigenvalue weighted by Crippen LogP contribution is -2.46. The average molecular weight is 366 g/mol. The summed E-state index contributed by atoms with van der Waals surface area (Å²) in [6, 6.07) is 0. The molecule has 0 spiro atoms. The minimum absolute atomic E-state index is 0.113.